The average molecular weight is 381 g/mol. The van der Waals surface area contributed by atoms with E-state index in [1.165, 1.54) is 11.4 Å². The number of aliphatic carboxylic acids is 1. The monoisotopic (exact) mass is 381 g/mol. The molecule has 1 unspecified atom stereocenters. The average Bonchev–Trinajstić information content (AvgIpc) is 3.19. The first kappa shape index (κ1) is 17.4. The molecule has 1 aromatic heterocycles. The van der Waals surface area contributed by atoms with Crippen LogP contribution in [-0.2, 0) is 21.1 Å². The summed E-state index contributed by atoms with van der Waals surface area (Å²) in [4.78, 5) is 24.1. The Kier molecular flexibility index (Phi) is 4.53. The van der Waals surface area contributed by atoms with Crippen LogP contribution in [0.5, 0.6) is 5.75 Å². The van der Waals surface area contributed by atoms with Crippen molar-refractivity contribution in [3.05, 3.63) is 45.6 Å². The van der Waals surface area contributed by atoms with Gasteiger partial charge in [-0.05, 0) is 29.3 Å². The minimum absolute atomic E-state index is 0.0317. The normalized spacial score (nSPS) is 14.4. The highest BCUT2D eigenvalue weighted by molar-refractivity contribution is 7.90. The molecule has 0 bridgehead atoms. The van der Waals surface area contributed by atoms with Crippen LogP contribution in [-0.4, -0.2) is 38.3 Å². The molecule has 0 spiro atoms. The molecule has 0 fully saturated rings. The molecule has 3 rings (SSSR count). The first-order chi connectivity index (χ1) is 11.8. The van der Waals surface area contributed by atoms with Crippen molar-refractivity contribution < 1.29 is 27.9 Å². The number of hydrogen-bond acceptors (Lipinski definition) is 6. The van der Waals surface area contributed by atoms with Crippen LogP contribution in [0.15, 0.2) is 34.5 Å². The maximum Gasteiger partial charge on any atom is 0.330 e. The van der Waals surface area contributed by atoms with E-state index in [4.69, 9.17) is 4.74 Å². The minimum atomic E-state index is -3.42. The second-order valence-corrected chi connectivity index (χ2v) is 8.56. The van der Waals surface area contributed by atoms with Crippen molar-refractivity contribution in [2.45, 2.75) is 17.4 Å². The van der Waals surface area contributed by atoms with Crippen LogP contribution in [0.4, 0.5) is 0 Å². The Morgan fingerprint density at radius 2 is 2.08 bits per heavy atom. The van der Waals surface area contributed by atoms with Crippen LogP contribution in [0, 0.1) is 0 Å². The van der Waals surface area contributed by atoms with Gasteiger partial charge < -0.3 is 15.2 Å². The Bertz CT molecular complexity index is 947. The maximum absolute atomic E-state index is 12.3. The summed E-state index contributed by atoms with van der Waals surface area (Å²) in [5, 5.41) is 13.3. The molecule has 1 aliphatic heterocycles. The summed E-state index contributed by atoms with van der Waals surface area (Å²) in [6, 6.07) is 5.00. The van der Waals surface area contributed by atoms with Gasteiger partial charge in [-0.25, -0.2) is 13.2 Å². The Balaban J connectivity index is 1.84. The Morgan fingerprint density at radius 3 is 2.72 bits per heavy atom. The lowest BCUT2D eigenvalue weighted by atomic mass is 10.0. The van der Waals surface area contributed by atoms with Gasteiger partial charge in [0.2, 0.25) is 0 Å². The molecule has 9 heteroatoms. The molecule has 1 aromatic carbocycles. The van der Waals surface area contributed by atoms with Crippen molar-refractivity contribution in [2.24, 2.45) is 0 Å². The Hall–Kier alpha value is -2.39. The second kappa shape index (κ2) is 6.49. The number of ether oxygens (including phenoxy) is 1. The van der Waals surface area contributed by atoms with Crippen molar-refractivity contribution in [3.8, 4) is 5.75 Å². The van der Waals surface area contributed by atoms with Gasteiger partial charge in [-0.3, -0.25) is 4.79 Å². The fourth-order valence-corrected chi connectivity index (χ4v) is 4.43. The molecule has 2 N–H and O–H groups in total. The van der Waals surface area contributed by atoms with E-state index in [1.807, 2.05) is 0 Å². The van der Waals surface area contributed by atoms with E-state index in [0.29, 0.717) is 18.6 Å². The van der Waals surface area contributed by atoms with Gasteiger partial charge in [0, 0.05) is 18.1 Å². The number of rotatable bonds is 5. The molecule has 0 radical (unpaired) electrons. The molecule has 132 valence electrons. The zero-order valence-corrected chi connectivity index (χ0v) is 14.8. The van der Waals surface area contributed by atoms with Crippen molar-refractivity contribution in [2.75, 3.05) is 12.9 Å². The highest BCUT2D eigenvalue weighted by Crippen LogP contribution is 2.29. The quantitative estimate of drug-likeness (QED) is 0.815. The fourth-order valence-electron chi connectivity index (χ4n) is 2.51. The van der Waals surface area contributed by atoms with Gasteiger partial charge in [0.05, 0.1) is 16.4 Å². The first-order valence-electron chi connectivity index (χ1n) is 7.33. The summed E-state index contributed by atoms with van der Waals surface area (Å²) < 4.78 is 28.4. The molecule has 0 saturated heterocycles. The standard InChI is InChI=1S/C16H15NO6S2/c1-25(21,22)11-7-13(24-8-11)15(18)17-14(16(19)20)10-2-3-12-9(6-10)4-5-23-12/h2-3,6-8,14H,4-5H2,1H3,(H,17,18)(H,19,20). The van der Waals surface area contributed by atoms with Crippen molar-refractivity contribution in [1.29, 1.82) is 0 Å². The van der Waals surface area contributed by atoms with Gasteiger partial charge >= 0.3 is 5.97 Å². The largest absolute Gasteiger partial charge is 0.493 e. The molecule has 2 heterocycles. The van der Waals surface area contributed by atoms with E-state index < -0.39 is 27.8 Å². The molecular weight excluding hydrogens is 366 g/mol. The van der Waals surface area contributed by atoms with Gasteiger partial charge in [0.1, 0.15) is 5.75 Å². The van der Waals surface area contributed by atoms with Gasteiger partial charge in [0.25, 0.3) is 5.91 Å². The molecular formula is C16H15NO6S2. The molecule has 7 nitrogen and oxygen atoms in total. The molecule has 2 aromatic rings. The summed E-state index contributed by atoms with van der Waals surface area (Å²) >= 11 is 0.949. The first-order valence-corrected chi connectivity index (χ1v) is 10.1. The van der Waals surface area contributed by atoms with E-state index in [-0.39, 0.29) is 9.77 Å². The maximum atomic E-state index is 12.3. The van der Waals surface area contributed by atoms with Crippen LogP contribution < -0.4 is 10.1 Å². The summed E-state index contributed by atoms with van der Waals surface area (Å²) in [7, 11) is -3.42. The van der Waals surface area contributed by atoms with Crippen LogP contribution in [0.25, 0.3) is 0 Å². The predicted molar refractivity (Wildman–Crippen MR) is 90.9 cm³/mol. The number of hydrogen-bond donors (Lipinski definition) is 2. The summed E-state index contributed by atoms with van der Waals surface area (Å²) in [5.74, 6) is -1.12. The number of carbonyl (C=O) groups excluding carboxylic acids is 1. The number of carbonyl (C=O) groups is 2. The number of amides is 1. The number of carboxylic acid groups (broad SMARTS) is 1. The van der Waals surface area contributed by atoms with Crippen LogP contribution >= 0.6 is 11.3 Å². The highest BCUT2D eigenvalue weighted by Gasteiger charge is 2.26. The summed E-state index contributed by atoms with van der Waals surface area (Å²) in [6.07, 6.45) is 1.73. The third kappa shape index (κ3) is 3.67. The van der Waals surface area contributed by atoms with E-state index in [9.17, 15) is 23.1 Å². The second-order valence-electron chi connectivity index (χ2n) is 5.63. The number of sulfone groups is 1. The van der Waals surface area contributed by atoms with Crippen molar-refractivity contribution in [3.63, 3.8) is 0 Å². The van der Waals surface area contributed by atoms with Crippen LogP contribution in [0.1, 0.15) is 26.8 Å². The zero-order valence-electron chi connectivity index (χ0n) is 13.2. The molecule has 0 aliphatic carbocycles. The topological polar surface area (TPSA) is 110 Å². The number of fused-ring (bicyclic) bond motifs is 1. The molecule has 1 atom stereocenters. The molecule has 0 saturated carbocycles. The number of thiophene rings is 1. The lowest BCUT2D eigenvalue weighted by Gasteiger charge is -2.15. The smallest absolute Gasteiger partial charge is 0.330 e. The van der Waals surface area contributed by atoms with Crippen molar-refractivity contribution in [1.82, 2.24) is 5.32 Å². The number of carboxylic acids is 1. The van der Waals surface area contributed by atoms with E-state index in [0.717, 1.165) is 28.9 Å². The van der Waals surface area contributed by atoms with Gasteiger partial charge in [-0.15, -0.1) is 11.3 Å². The lowest BCUT2D eigenvalue weighted by molar-refractivity contribution is -0.139. The van der Waals surface area contributed by atoms with E-state index >= 15 is 0 Å². The Labute approximate surface area is 148 Å². The third-order valence-corrected chi connectivity index (χ3v) is 5.97. The minimum Gasteiger partial charge on any atom is -0.493 e. The molecule has 1 amide bonds. The van der Waals surface area contributed by atoms with Crippen molar-refractivity contribution >= 4 is 33.1 Å². The number of nitrogens with one attached hydrogen (secondary N) is 1. The van der Waals surface area contributed by atoms with E-state index in [2.05, 4.69) is 5.32 Å². The third-order valence-electron chi connectivity index (χ3n) is 3.80. The van der Waals surface area contributed by atoms with Crippen LogP contribution in [0.2, 0.25) is 0 Å². The SMILES string of the molecule is CS(=O)(=O)c1csc(C(=O)NC(C(=O)O)c2ccc3c(c2)CCO3)c1. The van der Waals surface area contributed by atoms with Crippen LogP contribution in [0.3, 0.4) is 0 Å². The zero-order chi connectivity index (χ0) is 18.2. The lowest BCUT2D eigenvalue weighted by Crippen LogP contribution is -2.33. The van der Waals surface area contributed by atoms with Gasteiger partial charge in [0.15, 0.2) is 15.9 Å². The van der Waals surface area contributed by atoms with Gasteiger partial charge in [-0.1, -0.05) is 6.07 Å². The predicted octanol–water partition coefficient (Wildman–Crippen LogP) is 1.64. The highest BCUT2D eigenvalue weighted by atomic mass is 32.2. The fraction of sp³-hybridized carbons (Fsp3) is 0.250. The Morgan fingerprint density at radius 1 is 1.32 bits per heavy atom. The number of benzene rings is 1. The van der Waals surface area contributed by atoms with E-state index in [1.54, 1.807) is 18.2 Å². The molecule has 25 heavy (non-hydrogen) atoms. The summed E-state index contributed by atoms with van der Waals surface area (Å²) in [5.41, 5.74) is 1.33. The van der Waals surface area contributed by atoms with Gasteiger partial charge in [-0.2, -0.15) is 0 Å². The summed E-state index contributed by atoms with van der Waals surface area (Å²) in [6.45, 7) is 0.548. The molecule has 1 aliphatic rings.